The molecule has 2 rings (SSSR count). The molecule has 0 fully saturated rings. The maximum absolute atomic E-state index is 12.1. The smallest absolute Gasteiger partial charge is 0.303 e. The van der Waals surface area contributed by atoms with Crippen molar-refractivity contribution in [3.8, 4) is 0 Å². The lowest BCUT2D eigenvalue weighted by atomic mass is 10.2. The van der Waals surface area contributed by atoms with Gasteiger partial charge in [-0.05, 0) is 26.7 Å². The number of carboxylic acids is 1. The number of thiazole rings is 1. The van der Waals surface area contributed by atoms with E-state index in [0.29, 0.717) is 34.9 Å². The summed E-state index contributed by atoms with van der Waals surface area (Å²) in [6.07, 6.45) is 1.24. The maximum atomic E-state index is 12.1. The molecule has 2 heterocycles. The Bertz CT molecular complexity index is 643. The quantitative estimate of drug-likeness (QED) is 0.757. The zero-order valence-electron chi connectivity index (χ0n) is 11.8. The molecule has 0 unspecified atom stereocenters. The highest BCUT2D eigenvalue weighted by Crippen LogP contribution is 2.19. The van der Waals surface area contributed by atoms with Gasteiger partial charge in [0.15, 0.2) is 5.13 Å². The van der Waals surface area contributed by atoms with E-state index in [9.17, 15) is 9.59 Å². The second-order valence-electron chi connectivity index (χ2n) is 4.65. The van der Waals surface area contributed by atoms with E-state index in [1.807, 2.05) is 5.38 Å². The van der Waals surface area contributed by atoms with Crippen LogP contribution in [-0.4, -0.2) is 32.2 Å². The summed E-state index contributed by atoms with van der Waals surface area (Å²) in [6.45, 7) is 3.55. The lowest BCUT2D eigenvalue weighted by Crippen LogP contribution is -2.13. The number of hydrogen-bond donors (Lipinski definition) is 3. The van der Waals surface area contributed by atoms with Gasteiger partial charge >= 0.3 is 5.97 Å². The fraction of sp³-hybridized carbons (Fsp3) is 0.385. The van der Waals surface area contributed by atoms with E-state index in [-0.39, 0.29) is 12.3 Å². The molecular weight excluding hydrogens is 292 g/mol. The molecule has 2 aromatic heterocycles. The van der Waals surface area contributed by atoms with Gasteiger partial charge in [0, 0.05) is 17.5 Å². The highest BCUT2D eigenvalue weighted by atomic mass is 32.1. The molecule has 0 saturated carbocycles. The number of H-pyrrole nitrogens is 1. The number of aliphatic carboxylic acids is 1. The topological polar surface area (TPSA) is 108 Å². The number of amides is 1. The van der Waals surface area contributed by atoms with E-state index < -0.39 is 5.97 Å². The summed E-state index contributed by atoms with van der Waals surface area (Å²) in [5.74, 6) is -1.06. The number of nitrogens with zero attached hydrogens (tertiary/aromatic N) is 2. The van der Waals surface area contributed by atoms with Crippen molar-refractivity contribution in [2.45, 2.75) is 33.1 Å². The highest BCUT2D eigenvalue weighted by molar-refractivity contribution is 7.14. The molecule has 0 atom stereocenters. The SMILES string of the molecule is Cc1n[nH]c(C)c1C(=O)Nc1nc(CCCC(=O)O)cs1. The van der Waals surface area contributed by atoms with E-state index in [2.05, 4.69) is 20.5 Å². The molecular formula is C13H16N4O3S. The average molecular weight is 308 g/mol. The van der Waals surface area contributed by atoms with Crippen LogP contribution < -0.4 is 5.32 Å². The molecule has 0 saturated heterocycles. The van der Waals surface area contributed by atoms with Crippen LogP contribution in [-0.2, 0) is 11.2 Å². The number of carbonyl (C=O) groups is 2. The normalized spacial score (nSPS) is 10.6. The molecule has 0 aliphatic carbocycles. The minimum atomic E-state index is -0.815. The zero-order valence-corrected chi connectivity index (χ0v) is 12.6. The molecule has 112 valence electrons. The summed E-state index contributed by atoms with van der Waals surface area (Å²) in [4.78, 5) is 26.9. The fourth-order valence-corrected chi connectivity index (χ4v) is 2.68. The lowest BCUT2D eigenvalue weighted by Gasteiger charge is -2.01. The molecule has 1 amide bonds. The molecule has 0 spiro atoms. The van der Waals surface area contributed by atoms with Gasteiger partial charge in [0.2, 0.25) is 0 Å². The predicted molar refractivity (Wildman–Crippen MR) is 78.7 cm³/mol. The summed E-state index contributed by atoms with van der Waals surface area (Å²) in [5, 5.41) is 20.4. The molecule has 0 aliphatic rings. The average Bonchev–Trinajstić information content (AvgIpc) is 2.96. The van der Waals surface area contributed by atoms with Crippen LogP contribution in [0.4, 0.5) is 5.13 Å². The van der Waals surface area contributed by atoms with Crippen molar-refractivity contribution in [1.29, 1.82) is 0 Å². The third kappa shape index (κ3) is 3.88. The first-order valence-corrected chi connectivity index (χ1v) is 7.34. The van der Waals surface area contributed by atoms with Crippen LogP contribution in [0, 0.1) is 13.8 Å². The van der Waals surface area contributed by atoms with Crippen molar-refractivity contribution in [1.82, 2.24) is 15.2 Å². The first kappa shape index (κ1) is 15.2. The van der Waals surface area contributed by atoms with Gasteiger partial charge in [0.1, 0.15) is 0 Å². The van der Waals surface area contributed by atoms with Gasteiger partial charge in [-0.1, -0.05) is 0 Å². The lowest BCUT2D eigenvalue weighted by molar-refractivity contribution is -0.137. The molecule has 0 aliphatic heterocycles. The second-order valence-corrected chi connectivity index (χ2v) is 5.51. The van der Waals surface area contributed by atoms with Crippen LogP contribution in [0.1, 0.15) is 40.3 Å². The summed E-state index contributed by atoms with van der Waals surface area (Å²) < 4.78 is 0. The Labute approximate surface area is 125 Å². The van der Waals surface area contributed by atoms with Crippen molar-refractivity contribution in [2.75, 3.05) is 5.32 Å². The number of aryl methyl sites for hydroxylation is 3. The van der Waals surface area contributed by atoms with E-state index >= 15 is 0 Å². The van der Waals surface area contributed by atoms with Crippen molar-refractivity contribution in [3.63, 3.8) is 0 Å². The third-order valence-corrected chi connectivity index (χ3v) is 3.76. The molecule has 0 radical (unpaired) electrons. The number of anilines is 1. The van der Waals surface area contributed by atoms with E-state index in [1.54, 1.807) is 13.8 Å². The van der Waals surface area contributed by atoms with Crippen LogP contribution in [0.2, 0.25) is 0 Å². The molecule has 2 aromatic rings. The first-order valence-electron chi connectivity index (χ1n) is 6.46. The Kier molecular flexibility index (Phi) is 4.69. The van der Waals surface area contributed by atoms with Gasteiger partial charge < -0.3 is 5.11 Å². The number of rotatable bonds is 6. The minimum absolute atomic E-state index is 0.118. The Hall–Kier alpha value is -2.22. The number of aromatic nitrogens is 3. The van der Waals surface area contributed by atoms with E-state index in [4.69, 9.17) is 5.11 Å². The van der Waals surface area contributed by atoms with Crippen LogP contribution in [0.15, 0.2) is 5.38 Å². The minimum Gasteiger partial charge on any atom is -0.481 e. The van der Waals surface area contributed by atoms with Gasteiger partial charge in [-0.2, -0.15) is 5.10 Å². The molecule has 3 N–H and O–H groups in total. The molecule has 7 nitrogen and oxygen atoms in total. The molecule has 0 aromatic carbocycles. The van der Waals surface area contributed by atoms with Gasteiger partial charge in [0.25, 0.3) is 5.91 Å². The summed E-state index contributed by atoms with van der Waals surface area (Å²) in [6, 6.07) is 0. The van der Waals surface area contributed by atoms with Gasteiger partial charge in [-0.3, -0.25) is 20.0 Å². The largest absolute Gasteiger partial charge is 0.481 e. The number of carbonyl (C=O) groups excluding carboxylic acids is 1. The number of carboxylic acid groups (broad SMARTS) is 1. The third-order valence-electron chi connectivity index (χ3n) is 2.95. The van der Waals surface area contributed by atoms with Crippen LogP contribution in [0.25, 0.3) is 0 Å². The zero-order chi connectivity index (χ0) is 15.4. The number of aromatic amines is 1. The van der Waals surface area contributed by atoms with Crippen molar-refractivity contribution >= 4 is 28.3 Å². The maximum Gasteiger partial charge on any atom is 0.303 e. The monoisotopic (exact) mass is 308 g/mol. The second kappa shape index (κ2) is 6.49. The van der Waals surface area contributed by atoms with Crippen LogP contribution >= 0.6 is 11.3 Å². The number of nitrogens with one attached hydrogen (secondary N) is 2. The standard InChI is InChI=1S/C13H16N4O3S/c1-7-11(8(2)17-16-7)12(20)15-13-14-9(6-21-13)4-3-5-10(18)19/h6H,3-5H2,1-2H3,(H,16,17)(H,18,19)(H,14,15,20). The summed E-state index contributed by atoms with van der Waals surface area (Å²) >= 11 is 1.32. The van der Waals surface area contributed by atoms with Gasteiger partial charge in [-0.25, -0.2) is 4.98 Å². The van der Waals surface area contributed by atoms with Crippen LogP contribution in [0.3, 0.4) is 0 Å². The van der Waals surface area contributed by atoms with E-state index in [1.165, 1.54) is 11.3 Å². The van der Waals surface area contributed by atoms with Gasteiger partial charge in [-0.15, -0.1) is 11.3 Å². The van der Waals surface area contributed by atoms with Crippen LogP contribution in [0.5, 0.6) is 0 Å². The Morgan fingerprint density at radius 3 is 2.81 bits per heavy atom. The van der Waals surface area contributed by atoms with E-state index in [0.717, 1.165) is 5.69 Å². The Morgan fingerprint density at radius 2 is 2.19 bits per heavy atom. The molecule has 21 heavy (non-hydrogen) atoms. The van der Waals surface area contributed by atoms with Crippen molar-refractivity contribution in [2.24, 2.45) is 0 Å². The summed E-state index contributed by atoms with van der Waals surface area (Å²) in [5.41, 5.74) is 2.67. The van der Waals surface area contributed by atoms with Gasteiger partial charge in [0.05, 0.1) is 17.0 Å². The first-order chi connectivity index (χ1) is 9.97. The molecule has 0 bridgehead atoms. The molecule has 8 heteroatoms. The Morgan fingerprint density at radius 1 is 1.43 bits per heavy atom. The predicted octanol–water partition coefficient (Wildman–Crippen LogP) is 2.14. The van der Waals surface area contributed by atoms with Crippen molar-refractivity contribution < 1.29 is 14.7 Å². The van der Waals surface area contributed by atoms with Crippen molar-refractivity contribution in [3.05, 3.63) is 28.0 Å². The Balaban J connectivity index is 1.96. The highest BCUT2D eigenvalue weighted by Gasteiger charge is 2.16. The summed E-state index contributed by atoms with van der Waals surface area (Å²) in [7, 11) is 0. The fourth-order valence-electron chi connectivity index (χ4n) is 1.95. The number of hydrogen-bond acceptors (Lipinski definition) is 5.